The highest BCUT2D eigenvalue weighted by molar-refractivity contribution is 7.89. The number of benzene rings is 2. The van der Waals surface area contributed by atoms with Gasteiger partial charge in [-0.1, -0.05) is 24.3 Å². The van der Waals surface area contributed by atoms with Crippen molar-refractivity contribution in [1.82, 2.24) is 9.29 Å². The number of rotatable bonds is 4. The van der Waals surface area contributed by atoms with Crippen molar-refractivity contribution in [1.29, 1.82) is 0 Å². The molecule has 0 saturated carbocycles. The minimum Gasteiger partial charge on any atom is -0.441 e. The van der Waals surface area contributed by atoms with E-state index in [0.29, 0.717) is 29.1 Å². The van der Waals surface area contributed by atoms with Gasteiger partial charge in [0, 0.05) is 19.2 Å². The Morgan fingerprint density at radius 2 is 2.00 bits per heavy atom. The first-order chi connectivity index (χ1) is 13.4. The number of nitrogens with zero attached hydrogens (tertiary/aromatic N) is 2. The van der Waals surface area contributed by atoms with Crippen LogP contribution in [0.5, 0.6) is 0 Å². The van der Waals surface area contributed by atoms with E-state index in [4.69, 9.17) is 4.42 Å². The van der Waals surface area contributed by atoms with Crippen molar-refractivity contribution in [2.45, 2.75) is 32.9 Å². The Hall–Kier alpha value is -2.71. The largest absolute Gasteiger partial charge is 0.441 e. The molecule has 0 fully saturated rings. The zero-order valence-corrected chi connectivity index (χ0v) is 16.5. The van der Waals surface area contributed by atoms with E-state index in [1.54, 1.807) is 32.0 Å². The summed E-state index contributed by atoms with van der Waals surface area (Å²) < 4.78 is 32.0. The lowest BCUT2D eigenvalue weighted by molar-refractivity contribution is -0.120. The van der Waals surface area contributed by atoms with Crippen molar-refractivity contribution in [3.8, 4) is 0 Å². The molecule has 1 aromatic heterocycles. The third kappa shape index (κ3) is 3.41. The molecule has 0 spiro atoms. The van der Waals surface area contributed by atoms with Gasteiger partial charge in [0.25, 0.3) is 0 Å². The molecule has 28 heavy (non-hydrogen) atoms. The molecule has 1 amide bonds. The zero-order valence-electron chi connectivity index (χ0n) is 15.7. The van der Waals surface area contributed by atoms with Crippen LogP contribution in [0, 0.1) is 6.92 Å². The van der Waals surface area contributed by atoms with Crippen LogP contribution in [-0.4, -0.2) is 35.4 Å². The molecular formula is C20H21N3O4S. The number of amides is 1. The number of hydrogen-bond acceptors (Lipinski definition) is 5. The second kappa shape index (κ2) is 7.03. The van der Waals surface area contributed by atoms with Crippen LogP contribution in [0.4, 0.5) is 5.69 Å². The molecule has 2 aromatic carbocycles. The number of nitrogens with one attached hydrogen (secondary N) is 1. The number of sulfonamides is 1. The van der Waals surface area contributed by atoms with Gasteiger partial charge in [-0.3, -0.25) is 4.79 Å². The van der Waals surface area contributed by atoms with Crippen LogP contribution in [0.3, 0.4) is 0 Å². The van der Waals surface area contributed by atoms with E-state index in [9.17, 15) is 13.2 Å². The molecule has 7 nitrogen and oxygen atoms in total. The number of hydrogen-bond donors (Lipinski definition) is 1. The number of anilines is 1. The van der Waals surface area contributed by atoms with Crippen LogP contribution in [0.25, 0.3) is 11.1 Å². The predicted molar refractivity (Wildman–Crippen MR) is 106 cm³/mol. The topological polar surface area (TPSA) is 92.5 Å². The molecule has 146 valence electrons. The number of aryl methyl sites for hydroxylation is 1. The third-order valence-corrected chi connectivity index (χ3v) is 6.82. The number of oxazole rings is 1. The van der Waals surface area contributed by atoms with E-state index >= 15 is 0 Å². The van der Waals surface area contributed by atoms with Crippen LogP contribution >= 0.6 is 0 Å². The van der Waals surface area contributed by atoms with Crippen molar-refractivity contribution in [2.75, 3.05) is 11.1 Å². The van der Waals surface area contributed by atoms with Gasteiger partial charge >= 0.3 is 0 Å². The Morgan fingerprint density at radius 1 is 1.25 bits per heavy atom. The number of fused-ring (bicyclic) bond motifs is 2. The molecule has 1 atom stereocenters. The lowest BCUT2D eigenvalue weighted by Gasteiger charge is -2.34. The summed E-state index contributed by atoms with van der Waals surface area (Å²) in [5.41, 5.74) is 3.76. The Morgan fingerprint density at radius 3 is 2.75 bits per heavy atom. The summed E-state index contributed by atoms with van der Waals surface area (Å²) in [4.78, 5) is 17.3. The number of carbonyl (C=O) groups is 1. The van der Waals surface area contributed by atoms with Crippen LogP contribution in [-0.2, 0) is 27.8 Å². The molecular weight excluding hydrogens is 378 g/mol. The Kier molecular flexibility index (Phi) is 4.68. The summed E-state index contributed by atoms with van der Waals surface area (Å²) in [6.45, 7) is 3.54. The lowest BCUT2D eigenvalue weighted by atomic mass is 9.95. The first-order valence-corrected chi connectivity index (χ1v) is 10.7. The number of aromatic nitrogens is 1. The summed E-state index contributed by atoms with van der Waals surface area (Å²) in [6.07, 6.45) is 0.340. The fourth-order valence-corrected chi connectivity index (χ4v) is 4.75. The normalized spacial score (nSPS) is 17.4. The van der Waals surface area contributed by atoms with Crippen molar-refractivity contribution in [2.24, 2.45) is 0 Å². The SMILES string of the molecule is CCS(=O)(=O)N1Cc2ccccc2C[C@H]1C(=O)Nc1ccc2oc(C)nc2c1. The van der Waals surface area contributed by atoms with Gasteiger partial charge in [-0.25, -0.2) is 13.4 Å². The standard InChI is InChI=1S/C20H21N3O4S/c1-3-28(25,26)23-12-15-7-5-4-6-14(15)10-18(23)20(24)22-16-8-9-19-17(11-16)21-13(2)27-19/h4-9,11,18H,3,10,12H2,1-2H3,(H,22,24)/t18-/m0/s1. The van der Waals surface area contributed by atoms with Crippen LogP contribution < -0.4 is 5.32 Å². The average Bonchev–Trinajstić information content (AvgIpc) is 3.06. The lowest BCUT2D eigenvalue weighted by Crippen LogP contribution is -2.51. The minimum atomic E-state index is -3.54. The molecule has 1 aliphatic rings. The fourth-order valence-electron chi connectivity index (χ4n) is 3.53. The highest BCUT2D eigenvalue weighted by Gasteiger charge is 2.37. The van der Waals surface area contributed by atoms with Crippen LogP contribution in [0.15, 0.2) is 46.9 Å². The molecule has 0 bridgehead atoms. The molecule has 1 N–H and O–H groups in total. The second-order valence-electron chi connectivity index (χ2n) is 6.84. The Labute approximate surface area is 163 Å². The van der Waals surface area contributed by atoms with Gasteiger partial charge in [0.2, 0.25) is 15.9 Å². The van der Waals surface area contributed by atoms with Crippen LogP contribution in [0.2, 0.25) is 0 Å². The highest BCUT2D eigenvalue weighted by Crippen LogP contribution is 2.27. The van der Waals surface area contributed by atoms with E-state index in [1.165, 1.54) is 4.31 Å². The smallest absolute Gasteiger partial charge is 0.243 e. The second-order valence-corrected chi connectivity index (χ2v) is 9.05. The molecule has 3 aromatic rings. The van der Waals surface area contributed by atoms with Crippen molar-refractivity contribution in [3.63, 3.8) is 0 Å². The van der Waals surface area contributed by atoms with Gasteiger partial charge in [0.05, 0.1) is 5.75 Å². The van der Waals surface area contributed by atoms with Gasteiger partial charge in [0.15, 0.2) is 11.5 Å². The first-order valence-electron chi connectivity index (χ1n) is 9.12. The first kappa shape index (κ1) is 18.6. The van der Waals surface area contributed by atoms with E-state index < -0.39 is 16.1 Å². The van der Waals surface area contributed by atoms with E-state index in [0.717, 1.165) is 11.1 Å². The highest BCUT2D eigenvalue weighted by atomic mass is 32.2. The van der Waals surface area contributed by atoms with Crippen molar-refractivity contribution in [3.05, 3.63) is 59.5 Å². The van der Waals surface area contributed by atoms with E-state index in [-0.39, 0.29) is 18.2 Å². The Bertz CT molecular complexity index is 1150. The van der Waals surface area contributed by atoms with Crippen molar-refractivity contribution < 1.29 is 17.6 Å². The third-order valence-electron chi connectivity index (χ3n) is 4.99. The summed E-state index contributed by atoms with van der Waals surface area (Å²) in [5, 5.41) is 2.84. The monoisotopic (exact) mass is 399 g/mol. The molecule has 1 aliphatic heterocycles. The molecule has 0 unspecified atom stereocenters. The van der Waals surface area contributed by atoms with Gasteiger partial charge < -0.3 is 9.73 Å². The quantitative estimate of drug-likeness (QED) is 0.728. The van der Waals surface area contributed by atoms with Gasteiger partial charge in [-0.2, -0.15) is 4.31 Å². The Balaban J connectivity index is 1.64. The molecule has 0 aliphatic carbocycles. The fraction of sp³-hybridized carbons (Fsp3) is 0.300. The summed E-state index contributed by atoms with van der Waals surface area (Å²) in [5.74, 6) is 0.136. The maximum Gasteiger partial charge on any atom is 0.243 e. The number of carbonyl (C=O) groups excluding carboxylic acids is 1. The molecule has 0 saturated heterocycles. The van der Waals surface area contributed by atoms with Crippen molar-refractivity contribution >= 4 is 32.7 Å². The van der Waals surface area contributed by atoms with E-state index in [1.807, 2.05) is 24.3 Å². The maximum atomic E-state index is 13.0. The summed E-state index contributed by atoms with van der Waals surface area (Å²) >= 11 is 0. The van der Waals surface area contributed by atoms with Crippen LogP contribution in [0.1, 0.15) is 23.9 Å². The maximum absolute atomic E-state index is 13.0. The summed E-state index contributed by atoms with van der Waals surface area (Å²) in [6, 6.07) is 12.0. The molecule has 4 rings (SSSR count). The molecule has 8 heteroatoms. The van der Waals surface area contributed by atoms with E-state index in [2.05, 4.69) is 10.3 Å². The molecule has 2 heterocycles. The van der Waals surface area contributed by atoms with Gasteiger partial charge in [-0.05, 0) is 42.7 Å². The van der Waals surface area contributed by atoms with Gasteiger partial charge in [0.1, 0.15) is 11.6 Å². The average molecular weight is 399 g/mol. The summed E-state index contributed by atoms with van der Waals surface area (Å²) in [7, 11) is -3.54. The minimum absolute atomic E-state index is 0.0525. The predicted octanol–water partition coefficient (Wildman–Crippen LogP) is 2.85. The zero-order chi connectivity index (χ0) is 19.9. The molecule has 0 radical (unpaired) electrons. The van der Waals surface area contributed by atoms with Gasteiger partial charge in [-0.15, -0.1) is 0 Å².